The van der Waals surface area contributed by atoms with Crippen LogP contribution in [0.4, 0.5) is 0 Å². The van der Waals surface area contributed by atoms with Crippen molar-refractivity contribution >= 4 is 17.8 Å². The van der Waals surface area contributed by atoms with Gasteiger partial charge >= 0.3 is 11.9 Å². The van der Waals surface area contributed by atoms with Crippen LogP contribution in [-0.2, 0) is 23.9 Å². The molecular formula is C58H76N2O10. The van der Waals surface area contributed by atoms with Gasteiger partial charge in [-0.25, -0.2) is 4.79 Å². The van der Waals surface area contributed by atoms with E-state index in [2.05, 4.69) is 46.5 Å². The van der Waals surface area contributed by atoms with Gasteiger partial charge in [0, 0.05) is 90.6 Å². The number of hydrogen-bond donors (Lipinski definition) is 6. The topological polar surface area (TPSA) is 184 Å². The minimum absolute atomic E-state index is 0.0146. The van der Waals surface area contributed by atoms with E-state index in [0.717, 1.165) is 74.5 Å². The lowest BCUT2D eigenvalue weighted by atomic mass is 9.50. The summed E-state index contributed by atoms with van der Waals surface area (Å²) >= 11 is 0. The highest BCUT2D eigenvalue weighted by Crippen LogP contribution is 2.67. The Hall–Kier alpha value is -4.07. The highest BCUT2D eigenvalue weighted by atomic mass is 16.6. The average molecular weight is 961 g/mol. The Morgan fingerprint density at radius 3 is 2.61 bits per heavy atom. The van der Waals surface area contributed by atoms with Gasteiger partial charge in [0.2, 0.25) is 5.91 Å². The van der Waals surface area contributed by atoms with Crippen molar-refractivity contribution in [3.05, 3.63) is 34.9 Å². The molecule has 3 saturated carbocycles. The van der Waals surface area contributed by atoms with Crippen LogP contribution in [0.5, 0.6) is 11.5 Å². The first-order valence-electron chi connectivity index (χ1n) is 27.4. The van der Waals surface area contributed by atoms with Crippen LogP contribution in [0.3, 0.4) is 0 Å². The summed E-state index contributed by atoms with van der Waals surface area (Å²) in [7, 11) is 0. The molecule has 0 aromatic heterocycles. The fourth-order valence-electron chi connectivity index (χ4n) is 17.6. The predicted octanol–water partition coefficient (Wildman–Crippen LogP) is 7.10. The number of allylic oxidation sites excluding steroid dienone is 1. The molecule has 12 heteroatoms. The third kappa shape index (κ3) is 7.73. The van der Waals surface area contributed by atoms with Crippen molar-refractivity contribution in [1.29, 1.82) is 0 Å². The zero-order valence-corrected chi connectivity index (χ0v) is 41.4. The van der Waals surface area contributed by atoms with Crippen LogP contribution in [0.15, 0.2) is 23.8 Å². The molecule has 6 N–H and O–H groups in total. The Labute approximate surface area is 414 Å². The van der Waals surface area contributed by atoms with Crippen LogP contribution in [0.2, 0.25) is 0 Å². The van der Waals surface area contributed by atoms with E-state index in [1.165, 1.54) is 6.92 Å². The molecule has 6 aliphatic carbocycles. The number of hydrogen-bond acceptors (Lipinski definition) is 11. The van der Waals surface area contributed by atoms with E-state index >= 15 is 9.59 Å². The number of piperidine rings is 2. The van der Waals surface area contributed by atoms with Crippen LogP contribution in [0.25, 0.3) is 0 Å². The number of amides is 1. The average Bonchev–Trinajstić information content (AvgIpc) is 4.00. The zero-order chi connectivity index (χ0) is 48.6. The first kappa shape index (κ1) is 48.2. The van der Waals surface area contributed by atoms with Crippen molar-refractivity contribution in [2.24, 2.45) is 57.7 Å². The van der Waals surface area contributed by atoms with Gasteiger partial charge in [-0.05, 0) is 126 Å². The number of aliphatic hydroxyl groups excluding tert-OH is 3. The number of carbonyl (C=O) groups excluding carboxylic acids is 3. The summed E-state index contributed by atoms with van der Waals surface area (Å²) in [6.45, 7) is 4.19. The number of fused-ring (bicyclic) bond motifs is 5. The number of aliphatic hydroxyl groups is 3. The van der Waals surface area contributed by atoms with E-state index in [4.69, 9.17) is 14.2 Å². The van der Waals surface area contributed by atoms with Crippen molar-refractivity contribution in [2.45, 2.75) is 184 Å². The normalized spacial score (nSPS) is 42.2. The molecular weight excluding hydrogens is 885 g/mol. The van der Waals surface area contributed by atoms with E-state index in [1.807, 2.05) is 0 Å². The van der Waals surface area contributed by atoms with Crippen molar-refractivity contribution in [1.82, 2.24) is 10.6 Å². The third-order valence-electron chi connectivity index (χ3n) is 20.5. The second-order valence-corrected chi connectivity index (χ2v) is 24.0. The highest BCUT2D eigenvalue weighted by Gasteiger charge is 2.66. The maximum atomic E-state index is 16.2. The van der Waals surface area contributed by atoms with Gasteiger partial charge in [0.05, 0.1) is 24.0 Å². The van der Waals surface area contributed by atoms with Gasteiger partial charge in [0.15, 0.2) is 11.5 Å². The van der Waals surface area contributed by atoms with Gasteiger partial charge in [0.1, 0.15) is 17.7 Å². The summed E-state index contributed by atoms with van der Waals surface area (Å²) < 4.78 is 21.2. The van der Waals surface area contributed by atoms with E-state index in [-0.39, 0.29) is 77.8 Å². The van der Waals surface area contributed by atoms with E-state index in [1.54, 1.807) is 13.0 Å². The Balaban J connectivity index is 1.22. The number of benzene rings is 1. The van der Waals surface area contributed by atoms with Crippen LogP contribution in [0, 0.1) is 81.4 Å². The van der Waals surface area contributed by atoms with Gasteiger partial charge in [-0.15, -0.1) is 5.92 Å². The molecule has 2 saturated heterocycles. The molecule has 11 aliphatic rings. The fraction of sp³-hybridized carbons (Fsp3) is 0.741. The number of phenols is 1. The van der Waals surface area contributed by atoms with Gasteiger partial charge in [0.25, 0.3) is 0 Å². The molecule has 1 amide bonds. The van der Waals surface area contributed by atoms with E-state index in [9.17, 15) is 25.2 Å². The molecule has 16 atom stereocenters. The number of rotatable bonds is 8. The number of ether oxygens (including phenoxy) is 3. The monoisotopic (exact) mass is 961 g/mol. The quantitative estimate of drug-likeness (QED) is 0.115. The Morgan fingerprint density at radius 2 is 1.83 bits per heavy atom. The second kappa shape index (κ2) is 18.8. The molecule has 12 rings (SSSR count). The number of phenolic OH excluding ortho intramolecular Hbond substituents is 1. The summed E-state index contributed by atoms with van der Waals surface area (Å²) in [5.41, 5.74) is -0.350. The minimum Gasteiger partial charge on any atom is -0.504 e. The largest absolute Gasteiger partial charge is 0.504 e. The van der Waals surface area contributed by atoms with E-state index in [0.29, 0.717) is 89.5 Å². The van der Waals surface area contributed by atoms with Gasteiger partial charge in [-0.2, -0.15) is 0 Å². The predicted molar refractivity (Wildman–Crippen MR) is 261 cm³/mol. The van der Waals surface area contributed by atoms with Crippen LogP contribution in [0.1, 0.15) is 165 Å². The second-order valence-electron chi connectivity index (χ2n) is 24.0. The molecule has 1 aromatic carbocycles. The van der Waals surface area contributed by atoms with Crippen molar-refractivity contribution in [2.75, 3.05) is 26.4 Å². The smallest absolute Gasteiger partial charge is 0.332 e. The number of nitrogens with one attached hydrogen (secondary N) is 2. The lowest BCUT2D eigenvalue weighted by molar-refractivity contribution is -0.193. The van der Waals surface area contributed by atoms with Crippen LogP contribution < -0.4 is 15.4 Å². The van der Waals surface area contributed by atoms with Gasteiger partial charge < -0.3 is 45.3 Å². The minimum atomic E-state index is -1.23. The van der Waals surface area contributed by atoms with Gasteiger partial charge in [-0.1, -0.05) is 62.0 Å². The molecule has 7 bridgehead atoms. The maximum Gasteiger partial charge on any atom is 0.332 e. The van der Waals surface area contributed by atoms with Gasteiger partial charge in [-0.3, -0.25) is 9.59 Å². The fourth-order valence-corrected chi connectivity index (χ4v) is 17.6. The molecule has 0 radical (unpaired) electrons. The lowest BCUT2D eigenvalue weighted by Gasteiger charge is -2.58. The third-order valence-corrected chi connectivity index (χ3v) is 20.5. The molecule has 12 nitrogen and oxygen atoms in total. The van der Waals surface area contributed by atoms with E-state index < -0.39 is 58.5 Å². The zero-order valence-electron chi connectivity index (χ0n) is 41.4. The molecule has 5 heterocycles. The first-order chi connectivity index (χ1) is 33.9. The summed E-state index contributed by atoms with van der Waals surface area (Å²) in [4.78, 5) is 45.4. The van der Waals surface area contributed by atoms with Crippen molar-refractivity contribution in [3.8, 4) is 35.2 Å². The number of carbonyl (C=O) groups is 3. The molecule has 5 aliphatic heterocycles. The first-order valence-corrected chi connectivity index (χ1v) is 27.4. The van der Waals surface area contributed by atoms with Crippen LogP contribution >= 0.6 is 0 Å². The highest BCUT2D eigenvalue weighted by molar-refractivity contribution is 5.94. The summed E-state index contributed by atoms with van der Waals surface area (Å²) in [6.07, 6.45) is 13.5. The Morgan fingerprint density at radius 1 is 1.00 bits per heavy atom. The number of aromatic hydroxyl groups is 1. The SMILES string of the molecule is CC(=O)O[C@H]1[C@@H]2/C=C3\C#CC[C@H]4C[C@](CCN4)([C@@H]2OC(=O)[C@@]24CCCC[C@H]2C[C@]2(CCC[C@H]32)C(=O)N4)[C@H]2c3ccc(O)c4c3[C@H](C[C@H]2C#CC[C@@H](C[C@H](C)O)[C@H]1CCCO)[C@@H](C1(CO)CCCC1)CO4. The lowest BCUT2D eigenvalue weighted by Crippen LogP contribution is -2.70. The molecule has 1 aromatic rings. The molecule has 70 heavy (non-hydrogen) atoms. The molecule has 0 unspecified atom stereocenters. The van der Waals surface area contributed by atoms with Crippen LogP contribution in [-0.4, -0.2) is 94.5 Å². The molecule has 3 spiro atoms. The maximum absolute atomic E-state index is 16.2. The van der Waals surface area contributed by atoms with Crippen molar-refractivity contribution in [3.63, 3.8) is 0 Å². The Kier molecular flexibility index (Phi) is 12.9. The standard InChI is InChI=1S/C58H76N2O10/c1-34(63)27-36-11-7-13-38-29-43-46(55(33-62)20-5-6-21-55)32-68-51-47(65)19-18-42(48(43)51)49(38)57-24-25-59-40(31-57)15-8-12-37-28-44(50(69-35(2)64)41(36)16-10-26-61)52(57)70-54(67)58-23-4-3-14-39(58)30-56(53(66)60-58)22-9-17-45(37)56/h18-19,28,34,36,38-41,43-46,49-50,52,59,61-63,65H,3-6,9-11,14-17,20-27,29-33H2,1-2H3,(H,60,66)/b37-28+/t34-,36-,38+,39-,40-,41+,43+,44-,45+,46-,49+,50+,52+,56-,57-,58+/m0/s1. The summed E-state index contributed by atoms with van der Waals surface area (Å²) in [5.74, 6) is 12.2. The molecule has 378 valence electrons. The molecule has 5 fully saturated rings. The van der Waals surface area contributed by atoms with Crippen molar-refractivity contribution < 1.29 is 49.0 Å². The summed E-state index contributed by atoms with van der Waals surface area (Å²) in [6, 6.07) is 3.73. The Bertz CT molecular complexity index is 2390. The number of esters is 2. The summed E-state index contributed by atoms with van der Waals surface area (Å²) in [5, 5.41) is 52.3.